The predicted molar refractivity (Wildman–Crippen MR) is 111 cm³/mol. The number of carbonyl (C=O) groups excluding carboxylic acids is 2. The molecule has 2 rings (SSSR count). The van der Waals surface area contributed by atoms with Crippen LogP contribution in [0.1, 0.15) is 41.8 Å². The second kappa shape index (κ2) is 9.70. The molecule has 2 aromatic carbocycles. The number of nitrogens with zero attached hydrogens (tertiary/aromatic N) is 1. The lowest BCUT2D eigenvalue weighted by atomic mass is 9.99. The number of hydrogen-bond donors (Lipinski definition) is 2. The number of nitriles is 1. The van der Waals surface area contributed by atoms with Crippen molar-refractivity contribution in [3.8, 4) is 17.2 Å². The first-order valence-corrected chi connectivity index (χ1v) is 9.45. The Hall–Kier alpha value is -3.13. The molecule has 5 nitrogen and oxygen atoms in total. The van der Waals surface area contributed by atoms with Crippen LogP contribution in [-0.2, 0) is 4.79 Å². The number of rotatable bonds is 7. The summed E-state index contributed by atoms with van der Waals surface area (Å²) in [5.41, 5.74) is 5.09. The van der Waals surface area contributed by atoms with E-state index in [1.165, 1.54) is 11.1 Å². The van der Waals surface area contributed by atoms with E-state index in [1.807, 2.05) is 32.0 Å². The molecule has 0 fully saturated rings. The van der Waals surface area contributed by atoms with Gasteiger partial charge in [-0.3, -0.25) is 9.59 Å². The lowest BCUT2D eigenvalue weighted by Gasteiger charge is -2.19. The summed E-state index contributed by atoms with van der Waals surface area (Å²) in [4.78, 5) is 24.8. The van der Waals surface area contributed by atoms with Crippen molar-refractivity contribution < 1.29 is 9.59 Å². The zero-order valence-electron chi connectivity index (χ0n) is 16.9. The summed E-state index contributed by atoms with van der Waals surface area (Å²) < 4.78 is 0. The van der Waals surface area contributed by atoms with Crippen LogP contribution >= 0.6 is 0 Å². The van der Waals surface area contributed by atoms with E-state index in [0.717, 1.165) is 11.1 Å². The first kappa shape index (κ1) is 21.2. The summed E-state index contributed by atoms with van der Waals surface area (Å²) in [6.45, 7) is 8.04. The highest BCUT2D eigenvalue weighted by Gasteiger charge is 2.22. The Bertz CT molecular complexity index is 880. The first-order chi connectivity index (χ1) is 13.3. The molecule has 2 amide bonds. The molecule has 0 aliphatic rings. The Morgan fingerprint density at radius 2 is 1.64 bits per heavy atom. The van der Waals surface area contributed by atoms with E-state index in [1.54, 1.807) is 12.1 Å². The largest absolute Gasteiger partial charge is 0.341 e. The molecular formula is C23H27N3O2. The Morgan fingerprint density at radius 1 is 1.00 bits per heavy atom. The van der Waals surface area contributed by atoms with Gasteiger partial charge in [-0.05, 0) is 60.6 Å². The Labute approximate surface area is 166 Å². The van der Waals surface area contributed by atoms with E-state index in [2.05, 4.69) is 42.7 Å². The fourth-order valence-corrected chi connectivity index (χ4v) is 2.93. The second-order valence-electron chi connectivity index (χ2n) is 7.41. The molecule has 5 heteroatoms. The van der Waals surface area contributed by atoms with Crippen molar-refractivity contribution in [2.24, 2.45) is 5.92 Å². The molecule has 146 valence electrons. The van der Waals surface area contributed by atoms with Gasteiger partial charge in [0.05, 0.1) is 6.07 Å². The SMILES string of the molecule is Cc1ccc(-c2ccc(C(=O)N[C@@H](CC(C)C)C(=O)NCC#N)cc2)cc1C. The predicted octanol–water partition coefficient (Wildman–Crippen LogP) is 3.75. The van der Waals surface area contributed by atoms with E-state index < -0.39 is 6.04 Å². The van der Waals surface area contributed by atoms with Crippen molar-refractivity contribution in [3.63, 3.8) is 0 Å². The first-order valence-electron chi connectivity index (χ1n) is 9.45. The van der Waals surface area contributed by atoms with Crippen molar-refractivity contribution in [1.29, 1.82) is 5.26 Å². The summed E-state index contributed by atoms with van der Waals surface area (Å²) in [6, 6.07) is 14.8. The van der Waals surface area contributed by atoms with Crippen molar-refractivity contribution in [2.45, 2.75) is 40.2 Å². The van der Waals surface area contributed by atoms with Crippen molar-refractivity contribution >= 4 is 11.8 Å². The van der Waals surface area contributed by atoms with Gasteiger partial charge >= 0.3 is 0 Å². The maximum absolute atomic E-state index is 12.6. The molecular weight excluding hydrogens is 350 g/mol. The highest BCUT2D eigenvalue weighted by atomic mass is 16.2. The average Bonchev–Trinajstić information content (AvgIpc) is 2.67. The zero-order valence-corrected chi connectivity index (χ0v) is 16.9. The van der Waals surface area contributed by atoms with Gasteiger partial charge in [0, 0.05) is 5.56 Å². The quantitative estimate of drug-likeness (QED) is 0.721. The minimum atomic E-state index is -0.666. The molecule has 2 aromatic rings. The molecule has 0 aromatic heterocycles. The van der Waals surface area contributed by atoms with Gasteiger partial charge in [-0.25, -0.2) is 0 Å². The minimum absolute atomic E-state index is 0.0754. The molecule has 0 bridgehead atoms. The number of nitrogens with one attached hydrogen (secondary N) is 2. The van der Waals surface area contributed by atoms with Crippen LogP contribution in [0.3, 0.4) is 0 Å². The molecule has 0 spiro atoms. The van der Waals surface area contributed by atoms with Gasteiger partial charge in [-0.15, -0.1) is 0 Å². The Kier molecular flexibility index (Phi) is 7.34. The van der Waals surface area contributed by atoms with Gasteiger partial charge in [0.25, 0.3) is 5.91 Å². The lowest BCUT2D eigenvalue weighted by molar-refractivity contribution is -0.123. The molecule has 0 saturated carbocycles. The van der Waals surface area contributed by atoms with E-state index in [4.69, 9.17) is 5.26 Å². The van der Waals surface area contributed by atoms with Crippen LogP contribution in [0.15, 0.2) is 42.5 Å². The normalized spacial score (nSPS) is 11.6. The summed E-state index contributed by atoms with van der Waals surface area (Å²) >= 11 is 0. The van der Waals surface area contributed by atoms with E-state index in [-0.39, 0.29) is 24.3 Å². The Balaban J connectivity index is 2.12. The van der Waals surface area contributed by atoms with Crippen LogP contribution in [0.25, 0.3) is 11.1 Å². The fourth-order valence-electron chi connectivity index (χ4n) is 2.93. The fraction of sp³-hybridized carbons (Fsp3) is 0.348. The molecule has 0 aliphatic heterocycles. The molecule has 0 heterocycles. The van der Waals surface area contributed by atoms with E-state index >= 15 is 0 Å². The van der Waals surface area contributed by atoms with Gasteiger partial charge in [0.15, 0.2) is 0 Å². The highest BCUT2D eigenvalue weighted by molar-refractivity contribution is 5.97. The van der Waals surface area contributed by atoms with Crippen molar-refractivity contribution in [2.75, 3.05) is 6.54 Å². The smallest absolute Gasteiger partial charge is 0.251 e. The van der Waals surface area contributed by atoms with Crippen LogP contribution < -0.4 is 10.6 Å². The third-order valence-electron chi connectivity index (χ3n) is 4.66. The third kappa shape index (κ3) is 5.68. The van der Waals surface area contributed by atoms with Crippen LogP contribution in [0, 0.1) is 31.1 Å². The number of hydrogen-bond acceptors (Lipinski definition) is 3. The number of aryl methyl sites for hydroxylation is 2. The van der Waals surface area contributed by atoms with E-state index in [9.17, 15) is 9.59 Å². The summed E-state index contributed by atoms with van der Waals surface area (Å²) in [5.74, 6) is -0.412. The van der Waals surface area contributed by atoms with Crippen molar-refractivity contribution in [3.05, 3.63) is 59.2 Å². The summed E-state index contributed by atoms with van der Waals surface area (Å²) in [5, 5.41) is 13.9. The standard InChI is InChI=1S/C23H27N3O2/c1-15(2)13-21(23(28)25-12-11-24)26-22(27)19-9-7-18(8-10-19)20-6-5-16(3)17(4)14-20/h5-10,14-15,21H,12-13H2,1-4H3,(H,25,28)(H,26,27)/t21-/m0/s1. The molecule has 0 saturated heterocycles. The third-order valence-corrected chi connectivity index (χ3v) is 4.66. The number of amides is 2. The molecule has 0 aliphatic carbocycles. The maximum Gasteiger partial charge on any atom is 0.251 e. The lowest BCUT2D eigenvalue weighted by Crippen LogP contribution is -2.47. The Morgan fingerprint density at radius 3 is 2.21 bits per heavy atom. The maximum atomic E-state index is 12.6. The molecule has 2 N–H and O–H groups in total. The minimum Gasteiger partial charge on any atom is -0.341 e. The van der Waals surface area contributed by atoms with Crippen LogP contribution in [0.5, 0.6) is 0 Å². The number of carbonyl (C=O) groups is 2. The van der Waals surface area contributed by atoms with Gasteiger partial charge in [0.2, 0.25) is 5.91 Å². The van der Waals surface area contributed by atoms with Gasteiger partial charge in [-0.2, -0.15) is 5.26 Å². The van der Waals surface area contributed by atoms with Gasteiger partial charge in [0.1, 0.15) is 12.6 Å². The molecule has 1 atom stereocenters. The monoisotopic (exact) mass is 377 g/mol. The molecule has 28 heavy (non-hydrogen) atoms. The molecule has 0 unspecified atom stereocenters. The summed E-state index contributed by atoms with van der Waals surface area (Å²) in [7, 11) is 0. The number of benzene rings is 2. The van der Waals surface area contributed by atoms with Crippen LogP contribution in [0.2, 0.25) is 0 Å². The van der Waals surface area contributed by atoms with Gasteiger partial charge < -0.3 is 10.6 Å². The van der Waals surface area contributed by atoms with E-state index in [0.29, 0.717) is 12.0 Å². The zero-order chi connectivity index (χ0) is 20.7. The van der Waals surface area contributed by atoms with Crippen LogP contribution in [0.4, 0.5) is 0 Å². The summed E-state index contributed by atoms with van der Waals surface area (Å²) in [6.07, 6.45) is 0.504. The van der Waals surface area contributed by atoms with Crippen molar-refractivity contribution in [1.82, 2.24) is 10.6 Å². The van der Waals surface area contributed by atoms with Gasteiger partial charge in [-0.1, -0.05) is 44.2 Å². The second-order valence-corrected chi connectivity index (χ2v) is 7.41. The van der Waals surface area contributed by atoms with Crippen LogP contribution in [-0.4, -0.2) is 24.4 Å². The average molecular weight is 377 g/mol. The topological polar surface area (TPSA) is 82.0 Å². The highest BCUT2D eigenvalue weighted by Crippen LogP contribution is 2.22. The molecule has 0 radical (unpaired) electrons.